The summed E-state index contributed by atoms with van der Waals surface area (Å²) in [6.45, 7) is 5.91. The van der Waals surface area contributed by atoms with Gasteiger partial charge in [-0.1, -0.05) is 6.08 Å². The first-order valence-electron chi connectivity index (χ1n) is 6.79. The second kappa shape index (κ2) is 4.35. The molecule has 1 amide bonds. The molecule has 0 aromatic heterocycles. The summed E-state index contributed by atoms with van der Waals surface area (Å²) in [4.78, 5) is 14.2. The molecule has 2 atom stereocenters. The molecule has 0 N–H and O–H groups in total. The molecule has 3 fully saturated rings. The number of hydrogen-bond acceptors (Lipinski definition) is 3. The van der Waals surface area contributed by atoms with Crippen LogP contribution in [0.15, 0.2) is 12.2 Å². The van der Waals surface area contributed by atoms with E-state index >= 15 is 0 Å². The zero-order chi connectivity index (χ0) is 12.8. The number of rotatable bonds is 2. The number of ether oxygens (including phenoxy) is 2. The van der Waals surface area contributed by atoms with E-state index in [2.05, 4.69) is 6.08 Å². The van der Waals surface area contributed by atoms with Crippen LogP contribution in [0.5, 0.6) is 0 Å². The highest BCUT2D eigenvalue weighted by molar-refractivity contribution is 5.88. The number of carbonyl (C=O) groups is 1. The van der Waals surface area contributed by atoms with Crippen molar-refractivity contribution in [3.05, 3.63) is 12.2 Å². The van der Waals surface area contributed by atoms with Gasteiger partial charge in [0.25, 0.3) is 0 Å². The fourth-order valence-corrected chi connectivity index (χ4v) is 2.75. The topological polar surface area (TPSA) is 38.8 Å². The van der Waals surface area contributed by atoms with E-state index in [9.17, 15) is 4.79 Å². The van der Waals surface area contributed by atoms with Gasteiger partial charge in [0.1, 0.15) is 6.10 Å². The number of carbonyl (C=O) groups excluding carboxylic acids is 1. The SMILES string of the molecule is CC1(C)CN(C(=O)/C=C/C2CC2)[C@@H]2COC[C@H]2O1. The Hall–Kier alpha value is -0.870. The smallest absolute Gasteiger partial charge is 0.246 e. The lowest BCUT2D eigenvalue weighted by Gasteiger charge is -2.44. The summed E-state index contributed by atoms with van der Waals surface area (Å²) in [6.07, 6.45) is 6.29. The molecule has 1 aliphatic carbocycles. The van der Waals surface area contributed by atoms with Gasteiger partial charge in [0.2, 0.25) is 5.91 Å². The van der Waals surface area contributed by atoms with Crippen LogP contribution in [0.25, 0.3) is 0 Å². The number of nitrogens with zero attached hydrogens (tertiary/aromatic N) is 1. The number of amides is 1. The molecule has 0 aromatic carbocycles. The summed E-state index contributed by atoms with van der Waals surface area (Å²) in [5.41, 5.74) is -0.280. The van der Waals surface area contributed by atoms with Gasteiger partial charge in [-0.2, -0.15) is 0 Å². The second-order valence-corrected chi connectivity index (χ2v) is 6.18. The monoisotopic (exact) mass is 251 g/mol. The molecule has 2 aliphatic heterocycles. The first kappa shape index (κ1) is 12.2. The van der Waals surface area contributed by atoms with Crippen molar-refractivity contribution < 1.29 is 14.3 Å². The predicted molar refractivity (Wildman–Crippen MR) is 67.1 cm³/mol. The molecule has 0 unspecified atom stereocenters. The van der Waals surface area contributed by atoms with Gasteiger partial charge < -0.3 is 14.4 Å². The highest BCUT2D eigenvalue weighted by atomic mass is 16.6. The fourth-order valence-electron chi connectivity index (χ4n) is 2.75. The van der Waals surface area contributed by atoms with Gasteiger partial charge in [-0.05, 0) is 38.7 Å². The molecule has 0 aromatic rings. The van der Waals surface area contributed by atoms with E-state index in [1.54, 1.807) is 6.08 Å². The van der Waals surface area contributed by atoms with E-state index in [0.717, 1.165) is 0 Å². The molecule has 4 heteroatoms. The van der Waals surface area contributed by atoms with Gasteiger partial charge in [0, 0.05) is 6.54 Å². The first-order chi connectivity index (χ1) is 8.55. The lowest BCUT2D eigenvalue weighted by atomic mass is 10.0. The van der Waals surface area contributed by atoms with Crippen molar-refractivity contribution in [3.63, 3.8) is 0 Å². The molecule has 0 spiro atoms. The minimum atomic E-state index is -0.280. The summed E-state index contributed by atoms with van der Waals surface area (Å²) < 4.78 is 11.4. The van der Waals surface area contributed by atoms with Gasteiger partial charge in [-0.25, -0.2) is 0 Å². The lowest BCUT2D eigenvalue weighted by molar-refractivity contribution is -0.165. The maximum Gasteiger partial charge on any atom is 0.246 e. The van der Waals surface area contributed by atoms with Crippen LogP contribution in [0.4, 0.5) is 0 Å². The van der Waals surface area contributed by atoms with Crippen LogP contribution in [0, 0.1) is 5.92 Å². The Labute approximate surface area is 108 Å². The van der Waals surface area contributed by atoms with Gasteiger partial charge in [0.15, 0.2) is 0 Å². The van der Waals surface area contributed by atoms with Gasteiger partial charge >= 0.3 is 0 Å². The van der Waals surface area contributed by atoms with Crippen molar-refractivity contribution in [1.82, 2.24) is 4.90 Å². The van der Waals surface area contributed by atoms with Crippen molar-refractivity contribution >= 4 is 5.91 Å². The first-order valence-corrected chi connectivity index (χ1v) is 6.79. The van der Waals surface area contributed by atoms with Crippen molar-refractivity contribution in [2.75, 3.05) is 19.8 Å². The number of allylic oxidation sites excluding steroid dienone is 1. The van der Waals surface area contributed by atoms with Crippen LogP contribution in [-0.2, 0) is 14.3 Å². The van der Waals surface area contributed by atoms with E-state index in [0.29, 0.717) is 25.7 Å². The number of fused-ring (bicyclic) bond motifs is 1. The molecule has 1 saturated carbocycles. The molecule has 4 nitrogen and oxygen atoms in total. The van der Waals surface area contributed by atoms with Crippen LogP contribution in [0.2, 0.25) is 0 Å². The zero-order valence-electron chi connectivity index (χ0n) is 11.1. The third kappa shape index (κ3) is 2.45. The average Bonchev–Trinajstić information content (AvgIpc) is 3.02. The summed E-state index contributed by atoms with van der Waals surface area (Å²) in [5, 5.41) is 0. The van der Waals surface area contributed by atoms with Crippen LogP contribution >= 0.6 is 0 Å². The van der Waals surface area contributed by atoms with E-state index in [1.807, 2.05) is 18.7 Å². The number of morpholine rings is 1. The van der Waals surface area contributed by atoms with E-state index < -0.39 is 0 Å². The van der Waals surface area contributed by atoms with Gasteiger partial charge in [-0.15, -0.1) is 0 Å². The Kier molecular flexibility index (Phi) is 2.94. The Morgan fingerprint density at radius 1 is 1.33 bits per heavy atom. The predicted octanol–water partition coefficient (Wildman–Crippen LogP) is 1.36. The fraction of sp³-hybridized carbons (Fsp3) is 0.786. The Morgan fingerprint density at radius 2 is 2.11 bits per heavy atom. The summed E-state index contributed by atoms with van der Waals surface area (Å²) in [5.74, 6) is 0.748. The van der Waals surface area contributed by atoms with E-state index in [1.165, 1.54) is 12.8 Å². The van der Waals surface area contributed by atoms with Crippen LogP contribution in [0.3, 0.4) is 0 Å². The molecule has 0 bridgehead atoms. The summed E-state index contributed by atoms with van der Waals surface area (Å²) >= 11 is 0. The standard InChI is InChI=1S/C14H21NO3/c1-14(2)9-15(11-7-17-8-12(11)18-14)13(16)6-5-10-3-4-10/h5-6,10-12H,3-4,7-9H2,1-2H3/b6-5+/t11-,12-/m1/s1. The lowest BCUT2D eigenvalue weighted by Crippen LogP contribution is -2.59. The van der Waals surface area contributed by atoms with Crippen LogP contribution < -0.4 is 0 Å². The minimum absolute atomic E-state index is 0.0343. The van der Waals surface area contributed by atoms with Crippen molar-refractivity contribution in [2.24, 2.45) is 5.92 Å². The average molecular weight is 251 g/mol. The minimum Gasteiger partial charge on any atom is -0.376 e. The Balaban J connectivity index is 1.73. The summed E-state index contributed by atoms with van der Waals surface area (Å²) in [7, 11) is 0. The highest BCUT2D eigenvalue weighted by Gasteiger charge is 2.45. The molecule has 3 rings (SSSR count). The molecule has 2 saturated heterocycles. The zero-order valence-corrected chi connectivity index (χ0v) is 11.1. The largest absolute Gasteiger partial charge is 0.376 e. The quantitative estimate of drug-likeness (QED) is 0.696. The Morgan fingerprint density at radius 3 is 2.83 bits per heavy atom. The summed E-state index contributed by atoms with van der Waals surface area (Å²) in [6, 6.07) is 0.0920. The molecule has 2 heterocycles. The highest BCUT2D eigenvalue weighted by Crippen LogP contribution is 2.32. The van der Waals surface area contributed by atoms with E-state index in [4.69, 9.17) is 9.47 Å². The Bertz CT molecular complexity index is 373. The van der Waals surface area contributed by atoms with Gasteiger partial charge in [-0.3, -0.25) is 4.79 Å². The van der Waals surface area contributed by atoms with Crippen molar-refractivity contribution in [1.29, 1.82) is 0 Å². The van der Waals surface area contributed by atoms with Crippen molar-refractivity contribution in [3.8, 4) is 0 Å². The normalized spacial score (nSPS) is 34.9. The third-order valence-corrected chi connectivity index (χ3v) is 3.84. The molecule has 100 valence electrons. The molecule has 18 heavy (non-hydrogen) atoms. The molecule has 3 aliphatic rings. The van der Waals surface area contributed by atoms with Crippen molar-refractivity contribution in [2.45, 2.75) is 44.4 Å². The maximum absolute atomic E-state index is 12.3. The van der Waals surface area contributed by atoms with E-state index in [-0.39, 0.29) is 23.7 Å². The third-order valence-electron chi connectivity index (χ3n) is 3.84. The van der Waals surface area contributed by atoms with Crippen LogP contribution in [-0.4, -0.2) is 48.3 Å². The van der Waals surface area contributed by atoms with Crippen LogP contribution in [0.1, 0.15) is 26.7 Å². The number of hydrogen-bond donors (Lipinski definition) is 0. The second-order valence-electron chi connectivity index (χ2n) is 6.18. The molecular weight excluding hydrogens is 230 g/mol. The molecule has 0 radical (unpaired) electrons. The maximum atomic E-state index is 12.3. The van der Waals surface area contributed by atoms with Gasteiger partial charge in [0.05, 0.1) is 24.9 Å². The molecular formula is C14H21NO3.